The van der Waals surface area contributed by atoms with Crippen molar-refractivity contribution in [2.45, 2.75) is 32.5 Å². The summed E-state index contributed by atoms with van der Waals surface area (Å²) in [7, 11) is 0. The molecule has 2 aromatic rings. The number of hydrogen-bond acceptors (Lipinski definition) is 6. The lowest BCUT2D eigenvalue weighted by Gasteiger charge is -2.26. The summed E-state index contributed by atoms with van der Waals surface area (Å²) in [4.78, 5) is 15.9. The lowest BCUT2D eigenvalue weighted by Crippen LogP contribution is -2.37. The number of amides is 1. The Hall–Kier alpha value is -2.59. The predicted octanol–water partition coefficient (Wildman–Crippen LogP) is 2.45. The molecule has 2 fully saturated rings. The van der Waals surface area contributed by atoms with Gasteiger partial charge in [-0.05, 0) is 32.9 Å². The second-order valence-corrected chi connectivity index (χ2v) is 8.29. The van der Waals surface area contributed by atoms with Crippen LogP contribution in [0.1, 0.15) is 26.6 Å². The topological polar surface area (TPSA) is 75.9 Å². The fourth-order valence-electron chi connectivity index (χ4n) is 3.78. The Balaban J connectivity index is 1.47. The summed E-state index contributed by atoms with van der Waals surface area (Å²) in [5.74, 6) is -0.239. The van der Waals surface area contributed by atoms with Crippen molar-refractivity contribution in [2.75, 3.05) is 31.1 Å². The molecule has 2 aliphatic rings. The normalized spacial score (nSPS) is 22.8. The number of carbonyl (C=O) groups is 1. The number of ether oxygens (including phenoxy) is 1. The van der Waals surface area contributed by atoms with E-state index in [4.69, 9.17) is 4.74 Å². The molecule has 11 heteroatoms. The number of halogens is 3. The van der Waals surface area contributed by atoms with Crippen molar-refractivity contribution in [3.63, 3.8) is 0 Å². The van der Waals surface area contributed by atoms with Crippen LogP contribution in [0.5, 0.6) is 0 Å². The molecule has 0 aliphatic carbocycles. The van der Waals surface area contributed by atoms with Crippen LogP contribution < -0.4 is 4.90 Å². The molecule has 2 atom stereocenters. The summed E-state index contributed by atoms with van der Waals surface area (Å²) in [6.45, 7) is 7.85. The molecular formula is C17H21F3N6O2. The number of alkyl halides is 3. The predicted molar refractivity (Wildman–Crippen MR) is 92.8 cm³/mol. The molecule has 152 valence electrons. The van der Waals surface area contributed by atoms with E-state index in [1.165, 1.54) is 6.07 Å². The van der Waals surface area contributed by atoms with Crippen molar-refractivity contribution < 1.29 is 22.7 Å². The Bertz CT molecular complexity index is 892. The largest absolute Gasteiger partial charge is 0.453 e. The van der Waals surface area contributed by atoms with Crippen LogP contribution in [0.25, 0.3) is 5.65 Å². The first-order valence-corrected chi connectivity index (χ1v) is 9.04. The Morgan fingerprint density at radius 3 is 2.29 bits per heavy atom. The fraction of sp³-hybridized carbons (Fsp3) is 0.647. The molecule has 28 heavy (non-hydrogen) atoms. The van der Waals surface area contributed by atoms with Gasteiger partial charge in [0.15, 0.2) is 5.65 Å². The van der Waals surface area contributed by atoms with Crippen LogP contribution in [0.4, 0.5) is 23.8 Å². The monoisotopic (exact) mass is 398 g/mol. The van der Waals surface area contributed by atoms with E-state index in [2.05, 4.69) is 15.3 Å². The van der Waals surface area contributed by atoms with E-state index >= 15 is 0 Å². The van der Waals surface area contributed by atoms with Gasteiger partial charge in [0, 0.05) is 38.0 Å². The molecule has 4 heterocycles. The second kappa shape index (κ2) is 6.21. The summed E-state index contributed by atoms with van der Waals surface area (Å²) in [5, 5.41) is 10.8. The molecule has 2 saturated heterocycles. The van der Waals surface area contributed by atoms with E-state index < -0.39 is 17.6 Å². The van der Waals surface area contributed by atoms with Crippen molar-refractivity contribution in [2.24, 2.45) is 11.8 Å². The van der Waals surface area contributed by atoms with Gasteiger partial charge in [-0.3, -0.25) is 0 Å². The molecule has 0 saturated carbocycles. The molecule has 0 radical (unpaired) electrons. The molecule has 2 unspecified atom stereocenters. The van der Waals surface area contributed by atoms with Crippen LogP contribution in [-0.2, 0) is 10.9 Å². The van der Waals surface area contributed by atoms with E-state index in [0.29, 0.717) is 32.0 Å². The summed E-state index contributed by atoms with van der Waals surface area (Å²) in [5.41, 5.74) is -0.499. The number of carbonyl (C=O) groups excluding carboxylic acids is 1. The van der Waals surface area contributed by atoms with E-state index in [1.54, 1.807) is 11.0 Å². The molecular weight excluding hydrogens is 377 g/mol. The van der Waals surface area contributed by atoms with Crippen LogP contribution in [0.15, 0.2) is 12.1 Å². The minimum atomic E-state index is -4.62. The van der Waals surface area contributed by atoms with Gasteiger partial charge in [0.05, 0.1) is 0 Å². The summed E-state index contributed by atoms with van der Waals surface area (Å²) < 4.78 is 45.3. The number of rotatable bonds is 1. The standard InChI is InChI=1S/C17H21F3N6O2/c1-16(2,3)28-15(27)25-8-10-6-24(7-11(10)9-25)13-5-4-12-21-22-14(17(18,19)20)26(12)23-13/h4-5,10-11H,6-9H2,1-3H3. The summed E-state index contributed by atoms with van der Waals surface area (Å²) in [6.07, 6.45) is -4.95. The van der Waals surface area contributed by atoms with E-state index in [9.17, 15) is 18.0 Å². The van der Waals surface area contributed by atoms with E-state index in [-0.39, 0.29) is 23.6 Å². The first kappa shape index (κ1) is 18.8. The van der Waals surface area contributed by atoms with Crippen LogP contribution in [0, 0.1) is 11.8 Å². The van der Waals surface area contributed by atoms with Crippen LogP contribution in [0.3, 0.4) is 0 Å². The van der Waals surface area contributed by atoms with E-state index in [0.717, 1.165) is 4.52 Å². The maximum atomic E-state index is 13.1. The van der Waals surface area contributed by atoms with Gasteiger partial charge in [-0.15, -0.1) is 15.3 Å². The van der Waals surface area contributed by atoms with Gasteiger partial charge in [0.2, 0.25) is 0 Å². The summed E-state index contributed by atoms with van der Waals surface area (Å²) >= 11 is 0. The molecule has 0 aromatic carbocycles. The molecule has 0 bridgehead atoms. The first-order valence-electron chi connectivity index (χ1n) is 9.04. The Kier molecular flexibility index (Phi) is 4.16. The highest BCUT2D eigenvalue weighted by atomic mass is 19.4. The third-order valence-corrected chi connectivity index (χ3v) is 4.96. The molecule has 0 N–H and O–H groups in total. The third kappa shape index (κ3) is 3.45. The van der Waals surface area contributed by atoms with Gasteiger partial charge in [-0.25, -0.2) is 4.79 Å². The molecule has 2 aliphatic heterocycles. The van der Waals surface area contributed by atoms with Crippen molar-refractivity contribution in [3.05, 3.63) is 18.0 Å². The molecule has 1 amide bonds. The SMILES string of the molecule is CC(C)(C)OC(=O)N1CC2CN(c3ccc4nnc(C(F)(F)F)n4n3)CC2C1. The van der Waals surface area contributed by atoms with Gasteiger partial charge in [-0.2, -0.15) is 17.7 Å². The number of hydrogen-bond donors (Lipinski definition) is 0. The van der Waals surface area contributed by atoms with Gasteiger partial charge in [-0.1, -0.05) is 0 Å². The number of nitrogens with zero attached hydrogens (tertiary/aromatic N) is 6. The van der Waals surface area contributed by atoms with Crippen LogP contribution >= 0.6 is 0 Å². The van der Waals surface area contributed by atoms with Gasteiger partial charge < -0.3 is 14.5 Å². The number of anilines is 1. The molecule has 4 rings (SSSR count). The lowest BCUT2D eigenvalue weighted by atomic mass is 10.0. The second-order valence-electron chi connectivity index (χ2n) is 8.29. The molecule has 0 spiro atoms. The number of fused-ring (bicyclic) bond motifs is 2. The minimum Gasteiger partial charge on any atom is -0.444 e. The lowest BCUT2D eigenvalue weighted by molar-refractivity contribution is -0.146. The summed E-state index contributed by atoms with van der Waals surface area (Å²) in [6, 6.07) is 3.13. The van der Waals surface area contributed by atoms with Crippen molar-refractivity contribution >= 4 is 17.6 Å². The first-order chi connectivity index (χ1) is 13.0. The van der Waals surface area contributed by atoms with Gasteiger partial charge >= 0.3 is 12.3 Å². The maximum absolute atomic E-state index is 13.1. The van der Waals surface area contributed by atoms with E-state index in [1.807, 2.05) is 25.7 Å². The number of aromatic nitrogens is 4. The van der Waals surface area contributed by atoms with Gasteiger partial charge in [0.1, 0.15) is 11.4 Å². The van der Waals surface area contributed by atoms with Crippen molar-refractivity contribution in [3.8, 4) is 0 Å². The zero-order valence-corrected chi connectivity index (χ0v) is 15.8. The van der Waals surface area contributed by atoms with Crippen molar-refractivity contribution in [1.29, 1.82) is 0 Å². The molecule has 8 nitrogen and oxygen atoms in total. The average molecular weight is 398 g/mol. The average Bonchev–Trinajstić information content (AvgIpc) is 3.24. The zero-order chi connectivity index (χ0) is 20.3. The Morgan fingerprint density at radius 2 is 1.71 bits per heavy atom. The fourth-order valence-corrected chi connectivity index (χ4v) is 3.78. The zero-order valence-electron chi connectivity index (χ0n) is 15.8. The highest BCUT2D eigenvalue weighted by Gasteiger charge is 2.43. The minimum absolute atomic E-state index is 0.0477. The quantitative estimate of drug-likeness (QED) is 0.735. The maximum Gasteiger partial charge on any atom is 0.453 e. The van der Waals surface area contributed by atoms with Crippen molar-refractivity contribution in [1.82, 2.24) is 24.7 Å². The van der Waals surface area contributed by atoms with Crippen LogP contribution in [-0.4, -0.2) is 62.6 Å². The molecule has 2 aromatic heterocycles. The third-order valence-electron chi connectivity index (χ3n) is 4.96. The van der Waals surface area contributed by atoms with Crippen LogP contribution in [0.2, 0.25) is 0 Å². The highest BCUT2D eigenvalue weighted by molar-refractivity contribution is 5.68. The highest BCUT2D eigenvalue weighted by Crippen LogP contribution is 2.34. The van der Waals surface area contributed by atoms with Gasteiger partial charge in [0.25, 0.3) is 5.82 Å². The Morgan fingerprint density at radius 1 is 1.07 bits per heavy atom. The Labute approximate surface area is 159 Å². The number of likely N-dealkylation sites (tertiary alicyclic amines) is 1. The smallest absolute Gasteiger partial charge is 0.444 e.